The Morgan fingerprint density at radius 1 is 0.375 bits per heavy atom. The molecule has 3 saturated heterocycles. The van der Waals surface area contributed by atoms with Crippen LogP contribution in [0.4, 0.5) is 0 Å². The summed E-state index contributed by atoms with van der Waals surface area (Å²) < 4.78 is 52.6. The third-order valence-corrected chi connectivity index (χ3v) is 18.2. The van der Waals surface area contributed by atoms with Gasteiger partial charge in [0.2, 0.25) is 29.5 Å². The van der Waals surface area contributed by atoms with Gasteiger partial charge >= 0.3 is 23.9 Å². The Balaban J connectivity index is 1.55. The van der Waals surface area contributed by atoms with Crippen LogP contribution in [0.15, 0.2) is 0 Å². The van der Waals surface area contributed by atoms with Gasteiger partial charge in [0.05, 0.1) is 18.3 Å². The van der Waals surface area contributed by atoms with Gasteiger partial charge in [-0.15, -0.1) is 0 Å². The van der Waals surface area contributed by atoms with Crippen molar-refractivity contribution in [1.29, 1.82) is 0 Å². The maximum atomic E-state index is 14.2. The molecule has 0 aromatic rings. The number of nitrogens with one attached hydrogen (secondary N) is 5. The maximum Gasteiger partial charge on any atom is 0.303 e. The minimum absolute atomic E-state index is 0.0659. The number of hydrogen-bond acceptors (Lipinski definition) is 18. The molecule has 0 radical (unpaired) electrons. The lowest BCUT2D eigenvalue weighted by Gasteiger charge is -2.43. The van der Waals surface area contributed by atoms with E-state index in [4.69, 9.17) is 42.6 Å². The monoisotopic (exact) mass is 1250 g/mol. The average Bonchev–Trinajstić information content (AvgIpc) is 3.62. The molecule has 0 aromatic heterocycles. The number of carboxylic acids is 1. The fourth-order valence-corrected chi connectivity index (χ4v) is 11.2. The van der Waals surface area contributed by atoms with E-state index in [1.54, 1.807) is 0 Å². The number of aliphatic carboxylic acids is 1. The molecule has 3 heterocycles. The SMILES string of the molecule is CC(=O)OCC1O[C@@H](OCCCCC(=O)NCCCCC(NC(=O)CCCCO[C@@H]2OC(COC(C)=O)[C@H](C)[C@H](C)C2C)C(=O)NC(CCCCNC(=O)CCCCO[C@@H]2OC(COC(C)=O)[C@H](C)[C@H](C)C2C)C(=O)NCCCC(=O)O)C(C)[C@@H](C)[C@H]1C. The van der Waals surface area contributed by atoms with Gasteiger partial charge in [-0.25, -0.2) is 0 Å². The Morgan fingerprint density at radius 3 is 1.07 bits per heavy atom. The normalized spacial score (nSPS) is 27.6. The van der Waals surface area contributed by atoms with E-state index in [1.165, 1.54) is 20.8 Å². The van der Waals surface area contributed by atoms with Crippen LogP contribution in [0.3, 0.4) is 0 Å². The van der Waals surface area contributed by atoms with E-state index in [2.05, 4.69) is 88.9 Å². The first-order valence-corrected chi connectivity index (χ1v) is 32.6. The number of carboxylic acid groups (broad SMARTS) is 1. The predicted octanol–water partition coefficient (Wildman–Crippen LogP) is 6.66. The van der Waals surface area contributed by atoms with Crippen molar-refractivity contribution in [2.45, 2.75) is 242 Å². The highest BCUT2D eigenvalue weighted by atomic mass is 16.7. The molecule has 3 rings (SSSR count). The van der Waals surface area contributed by atoms with Crippen molar-refractivity contribution in [1.82, 2.24) is 26.6 Å². The zero-order valence-corrected chi connectivity index (χ0v) is 55.0. The van der Waals surface area contributed by atoms with E-state index < -0.39 is 48.7 Å². The lowest BCUT2D eigenvalue weighted by atomic mass is 9.79. The zero-order valence-electron chi connectivity index (χ0n) is 55.0. The molecule has 0 aromatic carbocycles. The summed E-state index contributed by atoms with van der Waals surface area (Å²) in [6.07, 6.45) is 4.00. The molecule has 6 N–H and O–H groups in total. The molecule has 0 bridgehead atoms. The number of rotatable bonds is 42. The number of hydrogen-bond donors (Lipinski definition) is 6. The van der Waals surface area contributed by atoms with Crippen LogP contribution in [0, 0.1) is 53.3 Å². The van der Waals surface area contributed by atoms with Gasteiger partial charge in [0.1, 0.15) is 31.9 Å². The van der Waals surface area contributed by atoms with E-state index in [0.29, 0.717) is 97.1 Å². The van der Waals surface area contributed by atoms with Crippen LogP contribution in [0.2, 0.25) is 0 Å². The van der Waals surface area contributed by atoms with Gasteiger partial charge in [0, 0.05) is 104 Å². The number of ether oxygens (including phenoxy) is 9. The Morgan fingerprint density at radius 2 is 0.716 bits per heavy atom. The summed E-state index contributed by atoms with van der Waals surface area (Å²) in [5.74, 6) is -2.23. The van der Waals surface area contributed by atoms with Gasteiger partial charge in [-0.05, 0) is 119 Å². The van der Waals surface area contributed by atoms with E-state index in [9.17, 15) is 48.3 Å². The molecule has 8 unspecified atom stereocenters. The van der Waals surface area contributed by atoms with Gasteiger partial charge in [-0.2, -0.15) is 0 Å². The average molecular weight is 1250 g/mol. The number of unbranched alkanes of at least 4 members (excludes halogenated alkanes) is 5. The molecule has 5 amide bonds. The quantitative estimate of drug-likeness (QED) is 0.0211. The summed E-state index contributed by atoms with van der Waals surface area (Å²) in [6.45, 7) is 25.2. The highest BCUT2D eigenvalue weighted by molar-refractivity contribution is 5.92. The fourth-order valence-electron chi connectivity index (χ4n) is 11.2. The van der Waals surface area contributed by atoms with Crippen LogP contribution in [0.5, 0.6) is 0 Å². The molecule has 0 spiro atoms. The molecule has 24 heteroatoms. The zero-order chi connectivity index (χ0) is 65.3. The van der Waals surface area contributed by atoms with Crippen molar-refractivity contribution in [3.05, 3.63) is 0 Å². The Kier molecular flexibility index (Phi) is 37.0. The summed E-state index contributed by atoms with van der Waals surface area (Å²) in [7, 11) is 0. The maximum absolute atomic E-state index is 14.2. The molecular weight excluding hydrogens is 1140 g/mol. The second-order valence-electron chi connectivity index (χ2n) is 24.9. The van der Waals surface area contributed by atoms with Gasteiger partial charge < -0.3 is 74.3 Å². The van der Waals surface area contributed by atoms with Crippen molar-refractivity contribution in [3.63, 3.8) is 0 Å². The minimum atomic E-state index is -1.04. The smallest absolute Gasteiger partial charge is 0.303 e. The first-order chi connectivity index (χ1) is 41.8. The van der Waals surface area contributed by atoms with Crippen molar-refractivity contribution in [2.24, 2.45) is 53.3 Å². The van der Waals surface area contributed by atoms with Crippen molar-refractivity contribution in [2.75, 3.05) is 59.3 Å². The van der Waals surface area contributed by atoms with Gasteiger partial charge in [0.25, 0.3) is 0 Å². The van der Waals surface area contributed by atoms with Crippen LogP contribution in [0.1, 0.15) is 192 Å². The minimum Gasteiger partial charge on any atom is -0.481 e. The highest BCUT2D eigenvalue weighted by Crippen LogP contribution is 2.38. The fraction of sp³-hybridized carbons (Fsp3) is 0.859. The molecule has 506 valence electrons. The Hall–Kier alpha value is -5.01. The summed E-state index contributed by atoms with van der Waals surface area (Å²) >= 11 is 0. The number of carbonyl (C=O) groups is 9. The largest absolute Gasteiger partial charge is 0.481 e. The van der Waals surface area contributed by atoms with Crippen LogP contribution in [-0.4, -0.2) is 167 Å². The molecule has 17 atom stereocenters. The Labute approximate surface area is 523 Å². The molecule has 0 aliphatic carbocycles. The molecule has 88 heavy (non-hydrogen) atoms. The van der Waals surface area contributed by atoms with E-state index in [1.807, 2.05) is 0 Å². The van der Waals surface area contributed by atoms with Crippen LogP contribution < -0.4 is 26.6 Å². The summed E-state index contributed by atoms with van der Waals surface area (Å²) in [6, 6.07) is -2.07. The van der Waals surface area contributed by atoms with Crippen molar-refractivity contribution >= 4 is 53.4 Å². The summed E-state index contributed by atoms with van der Waals surface area (Å²) in [5.41, 5.74) is 0. The lowest BCUT2D eigenvalue weighted by molar-refractivity contribution is -0.255. The second-order valence-corrected chi connectivity index (χ2v) is 24.9. The van der Waals surface area contributed by atoms with Gasteiger partial charge in [0.15, 0.2) is 18.9 Å². The number of carbonyl (C=O) groups excluding carboxylic acids is 8. The van der Waals surface area contributed by atoms with Gasteiger partial charge in [-0.1, -0.05) is 62.3 Å². The molecule has 3 aliphatic rings. The molecule has 3 aliphatic heterocycles. The van der Waals surface area contributed by atoms with Crippen LogP contribution in [-0.2, 0) is 85.8 Å². The van der Waals surface area contributed by atoms with Crippen molar-refractivity contribution in [3.8, 4) is 0 Å². The lowest BCUT2D eigenvalue weighted by Crippen LogP contribution is -2.53. The van der Waals surface area contributed by atoms with Gasteiger partial charge in [-0.3, -0.25) is 43.2 Å². The predicted molar refractivity (Wildman–Crippen MR) is 325 cm³/mol. The standard InChI is InChI=1S/C64H111N5O19/c1-39-42(4)53(36-83-48(10)70)86-62(45(39)7)80-33-20-15-26-56(73)65-30-18-13-24-51(60(78)67-32-23-29-59(76)77)69-61(79)52(68-58(75)28-17-22-35-82-64-47(9)41(3)44(6)55(88-64)38-85-50(12)72)25-14-19-31-66-57(74)27-16-21-34-81-63-46(8)40(2)43(5)54(87-63)37-84-49(11)71/h39-47,51-55,62-64H,13-38H2,1-12H3,(H,65,73)(H,66,74)(H,67,78)(H,68,75)(H,69,79)(H,76,77)/t39-,40-,41-,42+,43+,44+,45?,46?,47?,51?,52?,53?,54?,55?,62+,63+,64+/m0/s1. The first kappa shape index (κ1) is 77.2. The van der Waals surface area contributed by atoms with E-state index in [-0.39, 0.29) is 179 Å². The first-order valence-electron chi connectivity index (χ1n) is 32.6. The molecule has 24 nitrogen and oxygen atoms in total. The van der Waals surface area contributed by atoms with Crippen LogP contribution >= 0.6 is 0 Å². The molecule has 3 fully saturated rings. The molecule has 0 saturated carbocycles. The van der Waals surface area contributed by atoms with Crippen molar-refractivity contribution < 1.29 is 90.9 Å². The molecular formula is C64H111N5O19. The van der Waals surface area contributed by atoms with Crippen LogP contribution in [0.25, 0.3) is 0 Å². The third-order valence-electron chi connectivity index (χ3n) is 18.2. The second kappa shape index (κ2) is 42.1. The summed E-state index contributed by atoms with van der Waals surface area (Å²) in [4.78, 5) is 113. The number of amides is 5. The topological polar surface area (TPSA) is 317 Å². The Bertz CT molecular complexity index is 2140. The third kappa shape index (κ3) is 29.3. The van der Waals surface area contributed by atoms with E-state index >= 15 is 0 Å². The highest BCUT2D eigenvalue weighted by Gasteiger charge is 2.43. The van der Waals surface area contributed by atoms with E-state index in [0.717, 1.165) is 0 Å². The number of esters is 3. The summed E-state index contributed by atoms with van der Waals surface area (Å²) in [5, 5.41) is 23.5.